The molecule has 0 spiro atoms. The maximum absolute atomic E-state index is 6.19. The number of hydrogen-bond acceptors (Lipinski definition) is 3. The van der Waals surface area contributed by atoms with Crippen molar-refractivity contribution in [2.75, 3.05) is 0 Å². The SMILES string of the molecule is Cc1nnc(Cn2ccc(C(N)C3CC3)c2)n1C. The number of nitrogens with zero attached hydrogens (tertiary/aromatic N) is 4. The van der Waals surface area contributed by atoms with Gasteiger partial charge in [-0.05, 0) is 37.3 Å². The maximum atomic E-state index is 6.19. The van der Waals surface area contributed by atoms with Gasteiger partial charge in [-0.15, -0.1) is 10.2 Å². The van der Waals surface area contributed by atoms with Gasteiger partial charge in [0, 0.05) is 25.5 Å². The van der Waals surface area contributed by atoms with Crippen LogP contribution in [0.5, 0.6) is 0 Å². The van der Waals surface area contributed by atoms with Gasteiger partial charge in [0.15, 0.2) is 5.82 Å². The Bertz CT molecular complexity index is 549. The molecule has 2 heterocycles. The second-order valence-corrected chi connectivity index (χ2v) is 5.20. The third-order valence-electron chi connectivity index (χ3n) is 3.79. The van der Waals surface area contributed by atoms with Gasteiger partial charge in [-0.2, -0.15) is 0 Å². The summed E-state index contributed by atoms with van der Waals surface area (Å²) in [4.78, 5) is 0. The van der Waals surface area contributed by atoms with E-state index in [1.165, 1.54) is 18.4 Å². The molecule has 0 saturated heterocycles. The second-order valence-electron chi connectivity index (χ2n) is 5.20. The van der Waals surface area contributed by atoms with Crippen molar-refractivity contribution in [1.29, 1.82) is 0 Å². The summed E-state index contributed by atoms with van der Waals surface area (Å²) in [6.45, 7) is 2.70. The first-order chi connectivity index (χ1) is 8.65. The molecule has 1 saturated carbocycles. The zero-order valence-electron chi connectivity index (χ0n) is 10.9. The lowest BCUT2D eigenvalue weighted by molar-refractivity contribution is 0.628. The molecule has 2 aromatic heterocycles. The molecule has 0 amide bonds. The third-order valence-corrected chi connectivity index (χ3v) is 3.79. The summed E-state index contributed by atoms with van der Waals surface area (Å²) >= 11 is 0. The second kappa shape index (κ2) is 4.24. The van der Waals surface area contributed by atoms with Gasteiger partial charge in [0.25, 0.3) is 0 Å². The number of nitrogens with two attached hydrogens (primary N) is 1. The predicted molar refractivity (Wildman–Crippen MR) is 68.9 cm³/mol. The first kappa shape index (κ1) is 11.5. The fourth-order valence-corrected chi connectivity index (χ4v) is 2.23. The Morgan fingerprint density at radius 3 is 2.83 bits per heavy atom. The molecule has 2 aromatic rings. The molecule has 0 bridgehead atoms. The number of aromatic nitrogens is 4. The molecule has 0 aromatic carbocycles. The molecule has 1 atom stereocenters. The van der Waals surface area contributed by atoms with Crippen molar-refractivity contribution in [2.24, 2.45) is 18.7 Å². The Labute approximate surface area is 107 Å². The molecule has 96 valence electrons. The van der Waals surface area contributed by atoms with Crippen molar-refractivity contribution in [3.63, 3.8) is 0 Å². The van der Waals surface area contributed by atoms with E-state index in [1.54, 1.807) is 0 Å². The van der Waals surface area contributed by atoms with Gasteiger partial charge in [0.05, 0.1) is 6.54 Å². The van der Waals surface area contributed by atoms with Crippen molar-refractivity contribution in [1.82, 2.24) is 19.3 Å². The predicted octanol–water partition coefficient (Wildman–Crippen LogP) is 1.38. The number of aryl methyl sites for hydroxylation is 1. The molecule has 3 rings (SSSR count). The van der Waals surface area contributed by atoms with Crippen LogP contribution in [-0.4, -0.2) is 19.3 Å². The van der Waals surface area contributed by atoms with E-state index in [0.29, 0.717) is 5.92 Å². The summed E-state index contributed by atoms with van der Waals surface area (Å²) in [5.74, 6) is 2.60. The van der Waals surface area contributed by atoms with Crippen molar-refractivity contribution >= 4 is 0 Å². The monoisotopic (exact) mass is 245 g/mol. The van der Waals surface area contributed by atoms with Crippen LogP contribution in [0.25, 0.3) is 0 Å². The molecule has 18 heavy (non-hydrogen) atoms. The van der Waals surface area contributed by atoms with Crippen LogP contribution < -0.4 is 5.73 Å². The van der Waals surface area contributed by atoms with E-state index >= 15 is 0 Å². The van der Waals surface area contributed by atoms with Crippen LogP contribution in [0.2, 0.25) is 0 Å². The average Bonchev–Trinajstić information content (AvgIpc) is 3.04. The Morgan fingerprint density at radius 1 is 1.44 bits per heavy atom. The molecule has 2 N–H and O–H groups in total. The standard InChI is InChI=1S/C13H19N5/c1-9-15-16-12(17(9)2)8-18-6-5-11(7-18)13(14)10-3-4-10/h5-7,10,13H,3-4,8,14H2,1-2H3. The van der Waals surface area contributed by atoms with Crippen molar-refractivity contribution < 1.29 is 0 Å². The highest BCUT2D eigenvalue weighted by atomic mass is 15.3. The van der Waals surface area contributed by atoms with E-state index in [0.717, 1.165) is 18.2 Å². The van der Waals surface area contributed by atoms with Crippen LogP contribution in [0.15, 0.2) is 18.5 Å². The van der Waals surface area contributed by atoms with Gasteiger partial charge in [-0.1, -0.05) is 0 Å². The highest BCUT2D eigenvalue weighted by Gasteiger charge is 2.29. The van der Waals surface area contributed by atoms with E-state index in [9.17, 15) is 0 Å². The molecule has 1 unspecified atom stereocenters. The van der Waals surface area contributed by atoms with E-state index < -0.39 is 0 Å². The van der Waals surface area contributed by atoms with E-state index in [4.69, 9.17) is 5.73 Å². The molecule has 1 fully saturated rings. The van der Waals surface area contributed by atoms with E-state index in [1.807, 2.05) is 18.5 Å². The summed E-state index contributed by atoms with van der Waals surface area (Å²) in [5.41, 5.74) is 7.43. The minimum Gasteiger partial charge on any atom is -0.346 e. The van der Waals surface area contributed by atoms with Gasteiger partial charge in [-0.25, -0.2) is 0 Å². The normalized spacial score (nSPS) is 17.1. The molecule has 1 aliphatic rings. The molecular weight excluding hydrogens is 226 g/mol. The van der Waals surface area contributed by atoms with Gasteiger partial charge in [0.2, 0.25) is 0 Å². The highest BCUT2D eigenvalue weighted by molar-refractivity contribution is 5.18. The summed E-state index contributed by atoms with van der Waals surface area (Å²) in [6.07, 6.45) is 6.75. The lowest BCUT2D eigenvalue weighted by Crippen LogP contribution is -2.11. The highest BCUT2D eigenvalue weighted by Crippen LogP contribution is 2.39. The number of hydrogen-bond donors (Lipinski definition) is 1. The Hall–Kier alpha value is -1.62. The molecular formula is C13H19N5. The van der Waals surface area contributed by atoms with Crippen LogP contribution in [-0.2, 0) is 13.6 Å². The average molecular weight is 245 g/mol. The molecule has 0 radical (unpaired) electrons. The van der Waals surface area contributed by atoms with Gasteiger partial charge < -0.3 is 14.9 Å². The first-order valence-corrected chi connectivity index (χ1v) is 6.41. The smallest absolute Gasteiger partial charge is 0.152 e. The van der Waals surface area contributed by atoms with Crippen molar-refractivity contribution in [3.05, 3.63) is 35.7 Å². The zero-order valence-corrected chi connectivity index (χ0v) is 10.9. The van der Waals surface area contributed by atoms with Gasteiger partial charge in [-0.3, -0.25) is 0 Å². The van der Waals surface area contributed by atoms with Gasteiger partial charge >= 0.3 is 0 Å². The molecule has 0 aliphatic heterocycles. The van der Waals surface area contributed by atoms with Crippen LogP contribution in [0.3, 0.4) is 0 Å². The zero-order chi connectivity index (χ0) is 12.7. The van der Waals surface area contributed by atoms with E-state index in [2.05, 4.69) is 33.2 Å². The van der Waals surface area contributed by atoms with Crippen LogP contribution in [0.1, 0.15) is 36.1 Å². The summed E-state index contributed by atoms with van der Waals surface area (Å²) in [7, 11) is 1.99. The maximum Gasteiger partial charge on any atom is 0.152 e. The Balaban J connectivity index is 1.75. The first-order valence-electron chi connectivity index (χ1n) is 6.41. The van der Waals surface area contributed by atoms with Crippen molar-refractivity contribution in [3.8, 4) is 0 Å². The van der Waals surface area contributed by atoms with Crippen molar-refractivity contribution in [2.45, 2.75) is 32.4 Å². The quantitative estimate of drug-likeness (QED) is 0.885. The fourth-order valence-electron chi connectivity index (χ4n) is 2.23. The molecule has 5 nitrogen and oxygen atoms in total. The minimum absolute atomic E-state index is 0.201. The summed E-state index contributed by atoms with van der Waals surface area (Å²) in [5, 5.41) is 8.24. The van der Waals surface area contributed by atoms with Crippen LogP contribution in [0, 0.1) is 12.8 Å². The topological polar surface area (TPSA) is 61.7 Å². The van der Waals surface area contributed by atoms with E-state index in [-0.39, 0.29) is 6.04 Å². The van der Waals surface area contributed by atoms with Gasteiger partial charge in [0.1, 0.15) is 5.82 Å². The van der Waals surface area contributed by atoms with Crippen LogP contribution >= 0.6 is 0 Å². The summed E-state index contributed by atoms with van der Waals surface area (Å²) < 4.78 is 4.14. The molecule has 1 aliphatic carbocycles. The fraction of sp³-hybridized carbons (Fsp3) is 0.538. The van der Waals surface area contributed by atoms with Crippen LogP contribution in [0.4, 0.5) is 0 Å². The summed E-state index contributed by atoms with van der Waals surface area (Å²) in [6, 6.07) is 2.32. The Morgan fingerprint density at radius 2 is 2.22 bits per heavy atom. The number of rotatable bonds is 4. The lowest BCUT2D eigenvalue weighted by Gasteiger charge is -2.07. The lowest BCUT2D eigenvalue weighted by atomic mass is 10.1. The Kier molecular flexibility index (Phi) is 2.70. The largest absolute Gasteiger partial charge is 0.346 e. The molecule has 5 heteroatoms. The third kappa shape index (κ3) is 2.06. The minimum atomic E-state index is 0.201.